The molecule has 3 rings (SSSR count). The molecule has 0 aliphatic carbocycles. The minimum atomic E-state index is -0.0599. The number of carbonyl (C=O) groups is 1. The summed E-state index contributed by atoms with van der Waals surface area (Å²) in [5, 5.41) is 3.00. The molecule has 1 aliphatic heterocycles. The van der Waals surface area contributed by atoms with Crippen LogP contribution in [0.4, 0.5) is 11.4 Å². The molecular weight excluding hydrogens is 338 g/mol. The number of benzene rings is 2. The molecule has 5 heteroatoms. The van der Waals surface area contributed by atoms with E-state index in [0.29, 0.717) is 6.42 Å². The molecule has 0 radical (unpaired) electrons. The topological polar surface area (TPSA) is 53.9 Å². The highest BCUT2D eigenvalue weighted by molar-refractivity contribution is 6.05. The number of aliphatic imine (C=N–C) groups is 1. The lowest BCUT2D eigenvalue weighted by molar-refractivity contribution is -0.117. The molecule has 27 heavy (non-hydrogen) atoms. The number of amides is 1. The van der Waals surface area contributed by atoms with Crippen molar-refractivity contribution in [1.82, 2.24) is 4.90 Å². The molecule has 1 N–H and O–H groups in total. The number of para-hydroxylation sites is 2. The van der Waals surface area contributed by atoms with Gasteiger partial charge in [0.1, 0.15) is 17.3 Å². The second-order valence-electron chi connectivity index (χ2n) is 8.02. The van der Waals surface area contributed by atoms with E-state index in [2.05, 4.69) is 37.9 Å². The van der Waals surface area contributed by atoms with Crippen molar-refractivity contribution in [2.75, 3.05) is 18.9 Å². The average molecular weight is 365 g/mol. The van der Waals surface area contributed by atoms with E-state index in [-0.39, 0.29) is 11.3 Å². The van der Waals surface area contributed by atoms with Crippen molar-refractivity contribution in [3.63, 3.8) is 0 Å². The molecule has 0 bridgehead atoms. The maximum atomic E-state index is 12.3. The highest BCUT2D eigenvalue weighted by Gasteiger charge is 2.22. The predicted octanol–water partition coefficient (Wildman–Crippen LogP) is 5.20. The van der Waals surface area contributed by atoms with Crippen LogP contribution in [0.1, 0.15) is 39.7 Å². The van der Waals surface area contributed by atoms with Crippen molar-refractivity contribution < 1.29 is 9.53 Å². The van der Waals surface area contributed by atoms with Gasteiger partial charge in [0.2, 0.25) is 5.91 Å². The Bertz CT molecular complexity index is 881. The zero-order valence-electron chi connectivity index (χ0n) is 16.7. The van der Waals surface area contributed by atoms with Gasteiger partial charge in [0.15, 0.2) is 5.75 Å². The first-order chi connectivity index (χ1) is 12.8. The zero-order valence-corrected chi connectivity index (χ0v) is 16.7. The molecule has 0 spiro atoms. The second-order valence-corrected chi connectivity index (χ2v) is 8.02. The number of anilines is 1. The van der Waals surface area contributed by atoms with Crippen LogP contribution in [-0.2, 0) is 4.79 Å². The van der Waals surface area contributed by atoms with Crippen LogP contribution in [0, 0.1) is 5.41 Å². The number of nitrogens with one attached hydrogen (secondary N) is 1. The Labute approximate surface area is 161 Å². The van der Waals surface area contributed by atoms with Crippen LogP contribution in [0.3, 0.4) is 0 Å². The van der Waals surface area contributed by atoms with Crippen LogP contribution in [-0.4, -0.2) is 30.2 Å². The van der Waals surface area contributed by atoms with Gasteiger partial charge >= 0.3 is 0 Å². The summed E-state index contributed by atoms with van der Waals surface area (Å²) in [6, 6.07) is 13.4. The molecule has 0 unspecified atom stereocenters. The average Bonchev–Trinajstić information content (AvgIpc) is 2.76. The van der Waals surface area contributed by atoms with Gasteiger partial charge in [-0.25, -0.2) is 4.99 Å². The second kappa shape index (κ2) is 7.43. The summed E-state index contributed by atoms with van der Waals surface area (Å²) in [5.74, 6) is 2.28. The van der Waals surface area contributed by atoms with Gasteiger partial charge < -0.3 is 15.0 Å². The van der Waals surface area contributed by atoms with Gasteiger partial charge in [0.05, 0.1) is 5.56 Å². The van der Waals surface area contributed by atoms with E-state index in [0.717, 1.165) is 40.8 Å². The Morgan fingerprint density at radius 2 is 1.89 bits per heavy atom. The van der Waals surface area contributed by atoms with Crippen molar-refractivity contribution in [2.45, 2.75) is 34.1 Å². The van der Waals surface area contributed by atoms with Gasteiger partial charge in [0, 0.05) is 25.7 Å². The van der Waals surface area contributed by atoms with Crippen molar-refractivity contribution in [3.8, 4) is 11.5 Å². The highest BCUT2D eigenvalue weighted by Crippen LogP contribution is 2.38. The van der Waals surface area contributed by atoms with Gasteiger partial charge in [-0.05, 0) is 42.7 Å². The molecule has 0 fully saturated rings. The highest BCUT2D eigenvalue weighted by atomic mass is 16.5. The Hall–Kier alpha value is -2.82. The SMILES string of the molecule is CCN(C)C1=Nc2ccccc2Oc2ccc(NC(=O)CC(C)(C)C)cc21. The van der Waals surface area contributed by atoms with Gasteiger partial charge in [-0.2, -0.15) is 0 Å². The Morgan fingerprint density at radius 1 is 1.15 bits per heavy atom. The Kier molecular flexibility index (Phi) is 5.22. The van der Waals surface area contributed by atoms with Crippen LogP contribution in [0.5, 0.6) is 11.5 Å². The van der Waals surface area contributed by atoms with Crippen LogP contribution < -0.4 is 10.1 Å². The fourth-order valence-corrected chi connectivity index (χ4v) is 2.93. The van der Waals surface area contributed by atoms with Gasteiger partial charge in [-0.15, -0.1) is 0 Å². The first-order valence-corrected chi connectivity index (χ1v) is 9.28. The van der Waals surface area contributed by atoms with Crippen LogP contribution in [0.15, 0.2) is 47.5 Å². The molecule has 1 amide bonds. The molecule has 1 aliphatic rings. The lowest BCUT2D eigenvalue weighted by atomic mass is 9.92. The maximum absolute atomic E-state index is 12.3. The monoisotopic (exact) mass is 365 g/mol. The van der Waals surface area contributed by atoms with Crippen LogP contribution >= 0.6 is 0 Å². The third-order valence-electron chi connectivity index (χ3n) is 4.34. The first kappa shape index (κ1) is 19.0. The molecule has 1 heterocycles. The fourth-order valence-electron chi connectivity index (χ4n) is 2.93. The van der Waals surface area contributed by atoms with Gasteiger partial charge in [-0.3, -0.25) is 4.79 Å². The molecule has 0 atom stereocenters. The predicted molar refractivity (Wildman–Crippen MR) is 110 cm³/mol. The Morgan fingerprint density at radius 3 is 2.59 bits per heavy atom. The number of carbonyl (C=O) groups excluding carboxylic acids is 1. The third-order valence-corrected chi connectivity index (χ3v) is 4.34. The van der Waals surface area contributed by atoms with Crippen molar-refractivity contribution in [1.29, 1.82) is 0 Å². The van der Waals surface area contributed by atoms with E-state index in [9.17, 15) is 4.79 Å². The van der Waals surface area contributed by atoms with Crippen molar-refractivity contribution in [3.05, 3.63) is 48.0 Å². The number of fused-ring (bicyclic) bond motifs is 2. The molecule has 2 aromatic rings. The number of ether oxygens (including phenoxy) is 1. The summed E-state index contributed by atoms with van der Waals surface area (Å²) in [4.78, 5) is 19.2. The standard InChI is InChI=1S/C22H27N3O2/c1-6-25(5)21-16-13-15(23-20(26)14-22(2,3)4)11-12-18(16)27-19-10-8-7-9-17(19)24-21/h7-13H,6,14H2,1-5H3,(H,23,26). The number of nitrogens with zero attached hydrogens (tertiary/aromatic N) is 2. The van der Waals surface area contributed by atoms with E-state index in [1.54, 1.807) is 0 Å². The fraction of sp³-hybridized carbons (Fsp3) is 0.364. The van der Waals surface area contributed by atoms with Crippen molar-refractivity contribution >= 4 is 23.1 Å². The normalized spacial score (nSPS) is 12.9. The van der Waals surface area contributed by atoms with E-state index >= 15 is 0 Å². The smallest absolute Gasteiger partial charge is 0.224 e. The molecular formula is C22H27N3O2. The lowest BCUT2D eigenvalue weighted by Crippen LogP contribution is -2.27. The van der Waals surface area contributed by atoms with Crippen LogP contribution in [0.2, 0.25) is 0 Å². The van der Waals surface area contributed by atoms with Crippen LogP contribution in [0.25, 0.3) is 0 Å². The summed E-state index contributed by atoms with van der Waals surface area (Å²) in [7, 11) is 2.00. The molecule has 0 saturated carbocycles. The number of rotatable bonds is 3. The van der Waals surface area contributed by atoms with E-state index in [4.69, 9.17) is 9.73 Å². The number of hydrogen-bond donors (Lipinski definition) is 1. The minimum Gasteiger partial charge on any atom is -0.454 e. The van der Waals surface area contributed by atoms with E-state index in [1.807, 2.05) is 49.5 Å². The summed E-state index contributed by atoms with van der Waals surface area (Å²) >= 11 is 0. The third kappa shape index (κ3) is 4.48. The first-order valence-electron chi connectivity index (χ1n) is 9.28. The summed E-state index contributed by atoms with van der Waals surface area (Å²) in [6.07, 6.45) is 0.460. The Balaban J connectivity index is 1.99. The summed E-state index contributed by atoms with van der Waals surface area (Å²) in [5.41, 5.74) is 2.34. The molecule has 142 valence electrons. The number of hydrogen-bond acceptors (Lipinski definition) is 4. The summed E-state index contributed by atoms with van der Waals surface area (Å²) in [6.45, 7) is 9.04. The molecule has 0 aromatic heterocycles. The van der Waals surface area contributed by atoms with Gasteiger partial charge in [0.25, 0.3) is 0 Å². The van der Waals surface area contributed by atoms with Gasteiger partial charge in [-0.1, -0.05) is 32.9 Å². The minimum absolute atomic E-state index is 0.00242. The largest absolute Gasteiger partial charge is 0.454 e. The van der Waals surface area contributed by atoms with E-state index in [1.165, 1.54) is 0 Å². The van der Waals surface area contributed by atoms with E-state index < -0.39 is 0 Å². The maximum Gasteiger partial charge on any atom is 0.224 e. The summed E-state index contributed by atoms with van der Waals surface area (Å²) < 4.78 is 6.11. The zero-order chi connectivity index (χ0) is 19.6. The lowest BCUT2D eigenvalue weighted by Gasteiger charge is -2.21. The molecule has 2 aromatic carbocycles. The molecule has 0 saturated heterocycles. The van der Waals surface area contributed by atoms with Crippen molar-refractivity contribution in [2.24, 2.45) is 10.4 Å². The quantitative estimate of drug-likeness (QED) is 0.814. The molecule has 5 nitrogen and oxygen atoms in total. The number of amidine groups is 1.